The van der Waals surface area contributed by atoms with Crippen LogP contribution in [0.4, 0.5) is 0 Å². The molecular weight excluding hydrogens is 580 g/mol. The Kier molecular flexibility index (Phi) is 7.77. The van der Waals surface area contributed by atoms with Crippen molar-refractivity contribution in [3.05, 3.63) is 57.7 Å². The quantitative estimate of drug-likeness (QED) is 0.301. The average molecular weight is 611 g/mol. The molecule has 0 unspecified atom stereocenters. The van der Waals surface area contributed by atoms with E-state index in [-0.39, 0.29) is 30.1 Å². The molecule has 42 heavy (non-hydrogen) atoms. The van der Waals surface area contributed by atoms with E-state index in [4.69, 9.17) is 16.1 Å². The van der Waals surface area contributed by atoms with Crippen LogP contribution in [0.25, 0.3) is 21.5 Å². The van der Waals surface area contributed by atoms with E-state index < -0.39 is 12.0 Å². The van der Waals surface area contributed by atoms with Gasteiger partial charge in [-0.05, 0) is 63.4 Å². The lowest BCUT2D eigenvalue weighted by molar-refractivity contribution is -0.146. The van der Waals surface area contributed by atoms with Crippen LogP contribution < -0.4 is 5.32 Å². The fourth-order valence-corrected chi connectivity index (χ4v) is 6.56. The van der Waals surface area contributed by atoms with Crippen LogP contribution in [-0.4, -0.2) is 85.4 Å². The van der Waals surface area contributed by atoms with E-state index in [1.807, 2.05) is 12.1 Å². The number of nitrogens with one attached hydrogen (secondary N) is 1. The number of amides is 2. The summed E-state index contributed by atoms with van der Waals surface area (Å²) in [5, 5.41) is 22.0. The molecule has 2 aliphatic heterocycles. The molecule has 13 heteroatoms. The fraction of sp³-hybridized carbons (Fsp3) is 0.414. The van der Waals surface area contributed by atoms with Gasteiger partial charge in [-0.15, -0.1) is 11.3 Å². The smallest absolute Gasteiger partial charge is 0.326 e. The Morgan fingerprint density at radius 1 is 1.12 bits per heavy atom. The topological polar surface area (TPSA) is 134 Å². The summed E-state index contributed by atoms with van der Waals surface area (Å²) in [6.07, 6.45) is 2.10. The summed E-state index contributed by atoms with van der Waals surface area (Å²) in [4.78, 5) is 42.9. The third kappa shape index (κ3) is 5.53. The van der Waals surface area contributed by atoms with E-state index in [9.17, 15) is 19.5 Å². The number of nitrogens with zero attached hydrogens (tertiary/aromatic N) is 5. The van der Waals surface area contributed by atoms with Crippen molar-refractivity contribution >= 4 is 51.6 Å². The van der Waals surface area contributed by atoms with Crippen molar-refractivity contribution in [1.29, 1.82) is 0 Å². The second kappa shape index (κ2) is 11.5. The third-order valence-electron chi connectivity index (χ3n) is 8.06. The van der Waals surface area contributed by atoms with Crippen LogP contribution in [0, 0.1) is 0 Å². The average Bonchev–Trinajstić information content (AvgIpc) is 3.67. The SMILES string of the molecule is CC(C)N1CCC(NC(=O)c2nn(Cc3cc(-c4ccc(Cl)s4)on3)c3ccc(C(=O)N4CC[C@H]4C(=O)O)cc23)CC1. The molecule has 2 fully saturated rings. The van der Waals surface area contributed by atoms with Crippen LogP contribution in [0.3, 0.4) is 0 Å². The number of piperidine rings is 1. The van der Waals surface area contributed by atoms with Crippen molar-refractivity contribution in [2.24, 2.45) is 0 Å². The molecule has 0 aliphatic carbocycles. The van der Waals surface area contributed by atoms with Gasteiger partial charge in [-0.1, -0.05) is 16.8 Å². The summed E-state index contributed by atoms with van der Waals surface area (Å²) in [6, 6.07) is 10.1. The van der Waals surface area contributed by atoms with E-state index in [1.54, 1.807) is 28.9 Å². The fourth-order valence-electron chi connectivity index (χ4n) is 5.57. The molecule has 0 saturated carbocycles. The van der Waals surface area contributed by atoms with Gasteiger partial charge < -0.3 is 24.7 Å². The number of benzene rings is 1. The molecule has 2 aliphatic rings. The zero-order valence-electron chi connectivity index (χ0n) is 23.2. The molecular formula is C29H31ClN6O5S. The minimum Gasteiger partial charge on any atom is -0.480 e. The number of halogens is 1. The highest BCUT2D eigenvalue weighted by molar-refractivity contribution is 7.19. The Bertz CT molecular complexity index is 1650. The highest BCUT2D eigenvalue weighted by Gasteiger charge is 2.38. The molecule has 0 radical (unpaired) electrons. The number of rotatable bonds is 8. The van der Waals surface area contributed by atoms with Crippen molar-refractivity contribution in [3.8, 4) is 10.6 Å². The number of aliphatic carboxylic acids is 1. The number of fused-ring (bicyclic) bond motifs is 1. The molecule has 2 amide bonds. The van der Waals surface area contributed by atoms with Gasteiger partial charge in [0.05, 0.1) is 21.3 Å². The molecule has 4 aromatic rings. The Morgan fingerprint density at radius 2 is 1.90 bits per heavy atom. The number of carbonyl (C=O) groups is 3. The van der Waals surface area contributed by atoms with Gasteiger partial charge in [-0.2, -0.15) is 5.10 Å². The molecule has 5 heterocycles. The second-order valence-electron chi connectivity index (χ2n) is 11.0. The van der Waals surface area contributed by atoms with Crippen LogP contribution in [0.2, 0.25) is 4.34 Å². The monoisotopic (exact) mass is 610 g/mol. The van der Waals surface area contributed by atoms with E-state index in [2.05, 4.69) is 34.3 Å². The summed E-state index contributed by atoms with van der Waals surface area (Å²) < 4.78 is 7.85. The lowest BCUT2D eigenvalue weighted by atomic mass is 10.0. The van der Waals surface area contributed by atoms with E-state index >= 15 is 0 Å². The molecule has 0 spiro atoms. The van der Waals surface area contributed by atoms with Gasteiger partial charge in [0.25, 0.3) is 11.8 Å². The Hall–Kier alpha value is -3.74. The summed E-state index contributed by atoms with van der Waals surface area (Å²) in [6.45, 7) is 6.76. The van der Waals surface area contributed by atoms with Crippen LogP contribution in [-0.2, 0) is 11.3 Å². The Balaban J connectivity index is 1.30. The minimum atomic E-state index is -1.02. The second-order valence-corrected chi connectivity index (χ2v) is 12.8. The van der Waals surface area contributed by atoms with Gasteiger partial charge >= 0.3 is 5.97 Å². The summed E-state index contributed by atoms with van der Waals surface area (Å²) in [5.41, 5.74) is 1.77. The van der Waals surface area contributed by atoms with Gasteiger partial charge in [-0.25, -0.2) is 4.79 Å². The largest absolute Gasteiger partial charge is 0.480 e. The zero-order valence-corrected chi connectivity index (χ0v) is 24.8. The standard InChI is InChI=1S/C29H31ClN6O5S/c1-16(2)34-10-7-18(8-11-34)31-27(37)26-20-13-17(28(38)35-12-9-22(35)29(39)40)3-4-21(20)36(32-26)15-19-14-23(41-33-19)24-5-6-25(30)42-24/h3-6,13-14,16,18,22H,7-12,15H2,1-2H3,(H,31,37)(H,39,40)/t22-/m0/s1. The highest BCUT2D eigenvalue weighted by Crippen LogP contribution is 2.32. The molecule has 11 nitrogen and oxygen atoms in total. The van der Waals surface area contributed by atoms with Gasteiger partial charge in [0.15, 0.2) is 11.5 Å². The predicted molar refractivity (Wildman–Crippen MR) is 158 cm³/mol. The maximum Gasteiger partial charge on any atom is 0.326 e. The first-order valence-electron chi connectivity index (χ1n) is 14.0. The Morgan fingerprint density at radius 3 is 2.55 bits per heavy atom. The summed E-state index contributed by atoms with van der Waals surface area (Å²) >= 11 is 7.46. The number of aromatic nitrogens is 3. The predicted octanol–water partition coefficient (Wildman–Crippen LogP) is 4.36. The van der Waals surface area contributed by atoms with Crippen molar-refractivity contribution in [1.82, 2.24) is 30.1 Å². The molecule has 0 bridgehead atoms. The van der Waals surface area contributed by atoms with Gasteiger partial charge in [0.2, 0.25) is 0 Å². The molecule has 2 saturated heterocycles. The third-order valence-corrected chi connectivity index (χ3v) is 9.31. The molecule has 220 valence electrons. The summed E-state index contributed by atoms with van der Waals surface area (Å²) in [7, 11) is 0. The number of hydrogen-bond donors (Lipinski definition) is 2. The number of carboxylic acid groups (broad SMARTS) is 1. The number of likely N-dealkylation sites (tertiary alicyclic amines) is 2. The maximum absolute atomic E-state index is 13.6. The van der Waals surface area contributed by atoms with Gasteiger partial charge in [0.1, 0.15) is 11.7 Å². The highest BCUT2D eigenvalue weighted by atomic mass is 35.5. The Labute approximate surface area is 251 Å². The molecule has 6 rings (SSSR count). The first-order chi connectivity index (χ1) is 20.2. The van der Waals surface area contributed by atoms with Crippen molar-refractivity contribution in [2.75, 3.05) is 19.6 Å². The van der Waals surface area contributed by atoms with Crippen molar-refractivity contribution in [3.63, 3.8) is 0 Å². The van der Waals surface area contributed by atoms with Crippen LogP contribution in [0.5, 0.6) is 0 Å². The van der Waals surface area contributed by atoms with Gasteiger partial charge in [0, 0.05) is 48.7 Å². The minimum absolute atomic E-state index is 0.0191. The molecule has 3 aromatic heterocycles. The van der Waals surface area contributed by atoms with E-state index in [0.717, 1.165) is 30.8 Å². The molecule has 1 atom stereocenters. The maximum atomic E-state index is 13.6. The first-order valence-corrected chi connectivity index (χ1v) is 15.2. The number of carbonyl (C=O) groups excluding carboxylic acids is 2. The molecule has 1 aromatic carbocycles. The van der Waals surface area contributed by atoms with E-state index in [0.29, 0.717) is 51.3 Å². The van der Waals surface area contributed by atoms with Crippen LogP contribution in [0.15, 0.2) is 40.9 Å². The zero-order chi connectivity index (χ0) is 29.5. The van der Waals surface area contributed by atoms with Crippen LogP contribution >= 0.6 is 22.9 Å². The summed E-state index contributed by atoms with van der Waals surface area (Å²) in [5.74, 6) is -1.14. The van der Waals surface area contributed by atoms with E-state index in [1.165, 1.54) is 16.2 Å². The normalized spacial score (nSPS) is 18.0. The molecule has 2 N–H and O–H groups in total. The van der Waals surface area contributed by atoms with Gasteiger partial charge in [-0.3, -0.25) is 14.3 Å². The number of thiophene rings is 1. The number of carboxylic acids is 1. The number of hydrogen-bond acceptors (Lipinski definition) is 8. The van der Waals surface area contributed by atoms with Crippen LogP contribution in [0.1, 0.15) is 59.7 Å². The first kappa shape index (κ1) is 28.4. The van der Waals surface area contributed by atoms with Crippen molar-refractivity contribution in [2.45, 2.75) is 57.8 Å². The van der Waals surface area contributed by atoms with Crippen molar-refractivity contribution < 1.29 is 24.0 Å². The lowest BCUT2D eigenvalue weighted by Crippen LogP contribution is -2.55. The lowest BCUT2D eigenvalue weighted by Gasteiger charge is -2.37.